The van der Waals surface area contributed by atoms with E-state index in [1.54, 1.807) is 24.3 Å². The van der Waals surface area contributed by atoms with E-state index < -0.39 is 0 Å². The largest absolute Gasteiger partial charge is 0.416 e. The highest BCUT2D eigenvalue weighted by Gasteiger charge is 2.11. The lowest BCUT2D eigenvalue weighted by molar-refractivity contribution is 0.0757. The van der Waals surface area contributed by atoms with Crippen LogP contribution in [0.2, 0.25) is 0 Å². The third-order valence-corrected chi connectivity index (χ3v) is 3.90. The molecule has 27 heavy (non-hydrogen) atoms. The second kappa shape index (κ2) is 9.09. The maximum Gasteiger partial charge on any atom is 0.251 e. The van der Waals surface area contributed by atoms with E-state index in [1.165, 1.54) is 0 Å². The topological polar surface area (TPSA) is 77.2 Å². The van der Waals surface area contributed by atoms with E-state index in [1.807, 2.05) is 44.2 Å². The van der Waals surface area contributed by atoms with Crippen molar-refractivity contribution in [2.24, 2.45) is 0 Å². The van der Waals surface area contributed by atoms with Crippen LogP contribution in [0.25, 0.3) is 22.9 Å². The molecule has 1 aromatic heterocycles. The van der Waals surface area contributed by atoms with Crippen molar-refractivity contribution in [3.05, 3.63) is 60.2 Å². The molecule has 0 saturated heterocycles. The lowest BCUT2D eigenvalue weighted by Gasteiger charge is -2.08. The number of nitrogens with zero attached hydrogens (tertiary/aromatic N) is 2. The van der Waals surface area contributed by atoms with Crippen LogP contribution in [0.4, 0.5) is 0 Å². The van der Waals surface area contributed by atoms with Crippen LogP contribution in [0.15, 0.2) is 59.0 Å². The molecule has 1 amide bonds. The fourth-order valence-electron chi connectivity index (χ4n) is 2.50. The number of amides is 1. The fraction of sp³-hybridized carbons (Fsp3) is 0.286. The van der Waals surface area contributed by atoms with E-state index in [4.69, 9.17) is 9.15 Å². The van der Waals surface area contributed by atoms with Crippen molar-refractivity contribution in [2.75, 3.05) is 13.2 Å². The Balaban J connectivity index is 1.57. The minimum absolute atomic E-state index is 0.110. The van der Waals surface area contributed by atoms with Gasteiger partial charge in [-0.05, 0) is 56.7 Å². The number of hydrogen-bond donors (Lipinski definition) is 1. The first-order chi connectivity index (χ1) is 13.1. The third kappa shape index (κ3) is 5.24. The van der Waals surface area contributed by atoms with Crippen molar-refractivity contribution in [2.45, 2.75) is 26.4 Å². The van der Waals surface area contributed by atoms with Gasteiger partial charge in [0.2, 0.25) is 11.8 Å². The van der Waals surface area contributed by atoms with Gasteiger partial charge in [0.1, 0.15) is 0 Å². The first-order valence-corrected chi connectivity index (χ1v) is 9.02. The Morgan fingerprint density at radius 2 is 1.63 bits per heavy atom. The molecule has 0 saturated carbocycles. The van der Waals surface area contributed by atoms with Crippen molar-refractivity contribution < 1.29 is 13.9 Å². The first kappa shape index (κ1) is 18.8. The highest BCUT2D eigenvalue weighted by Crippen LogP contribution is 2.23. The molecule has 0 fully saturated rings. The van der Waals surface area contributed by atoms with Crippen LogP contribution in [0.1, 0.15) is 30.6 Å². The van der Waals surface area contributed by atoms with E-state index in [0.717, 1.165) is 17.5 Å². The number of hydrogen-bond acceptors (Lipinski definition) is 5. The summed E-state index contributed by atoms with van der Waals surface area (Å²) in [6.45, 7) is 5.20. The second-order valence-electron chi connectivity index (χ2n) is 6.38. The number of benzene rings is 2. The van der Waals surface area contributed by atoms with Crippen LogP contribution in [0.5, 0.6) is 0 Å². The predicted octanol–water partition coefficient (Wildman–Crippen LogP) is 3.95. The molecular weight excluding hydrogens is 342 g/mol. The van der Waals surface area contributed by atoms with E-state index in [-0.39, 0.29) is 12.0 Å². The van der Waals surface area contributed by atoms with Crippen LogP contribution >= 0.6 is 0 Å². The lowest BCUT2D eigenvalue weighted by Crippen LogP contribution is -2.25. The van der Waals surface area contributed by atoms with Gasteiger partial charge in [-0.3, -0.25) is 4.79 Å². The normalized spacial score (nSPS) is 10.9. The highest BCUT2D eigenvalue weighted by atomic mass is 16.5. The van der Waals surface area contributed by atoms with Crippen LogP contribution < -0.4 is 5.32 Å². The zero-order valence-corrected chi connectivity index (χ0v) is 15.5. The summed E-state index contributed by atoms with van der Waals surface area (Å²) < 4.78 is 11.2. The molecule has 1 heterocycles. The molecule has 0 bridgehead atoms. The molecule has 0 aliphatic heterocycles. The monoisotopic (exact) mass is 365 g/mol. The molecule has 0 aliphatic rings. The van der Waals surface area contributed by atoms with Gasteiger partial charge in [-0.15, -0.1) is 10.2 Å². The van der Waals surface area contributed by atoms with Crippen molar-refractivity contribution in [1.29, 1.82) is 0 Å². The van der Waals surface area contributed by atoms with Gasteiger partial charge in [0, 0.05) is 29.8 Å². The summed E-state index contributed by atoms with van der Waals surface area (Å²) in [6.07, 6.45) is 0.993. The van der Waals surface area contributed by atoms with E-state index in [2.05, 4.69) is 15.5 Å². The molecule has 140 valence electrons. The molecule has 0 aliphatic carbocycles. The number of rotatable bonds is 8. The molecule has 6 heteroatoms. The number of aromatic nitrogens is 2. The quantitative estimate of drug-likeness (QED) is 0.612. The zero-order valence-electron chi connectivity index (χ0n) is 15.5. The summed E-state index contributed by atoms with van der Waals surface area (Å²) in [7, 11) is 0. The van der Waals surface area contributed by atoms with Crippen molar-refractivity contribution in [3.63, 3.8) is 0 Å². The Morgan fingerprint density at radius 3 is 2.26 bits per heavy atom. The summed E-state index contributed by atoms with van der Waals surface area (Å²) >= 11 is 0. The van der Waals surface area contributed by atoms with Crippen LogP contribution in [-0.4, -0.2) is 35.4 Å². The van der Waals surface area contributed by atoms with Crippen molar-refractivity contribution >= 4 is 5.91 Å². The smallest absolute Gasteiger partial charge is 0.251 e. The Kier molecular flexibility index (Phi) is 6.33. The summed E-state index contributed by atoms with van der Waals surface area (Å²) in [6, 6.07) is 16.7. The van der Waals surface area contributed by atoms with E-state index in [0.29, 0.717) is 30.5 Å². The second-order valence-corrected chi connectivity index (χ2v) is 6.38. The highest BCUT2D eigenvalue weighted by molar-refractivity contribution is 5.94. The van der Waals surface area contributed by atoms with Crippen molar-refractivity contribution in [3.8, 4) is 22.9 Å². The Morgan fingerprint density at radius 1 is 1.00 bits per heavy atom. The molecule has 0 atom stereocenters. The van der Waals surface area contributed by atoms with Crippen LogP contribution in [-0.2, 0) is 4.74 Å². The molecule has 0 unspecified atom stereocenters. The minimum atomic E-state index is -0.110. The molecule has 1 N–H and O–H groups in total. The number of carbonyl (C=O) groups excluding carboxylic acids is 1. The summed E-state index contributed by atoms with van der Waals surface area (Å²) in [5.74, 6) is 0.782. The molecule has 3 rings (SSSR count). The van der Waals surface area contributed by atoms with Gasteiger partial charge in [0.25, 0.3) is 5.91 Å². The van der Waals surface area contributed by atoms with Crippen molar-refractivity contribution in [1.82, 2.24) is 15.5 Å². The maximum absolute atomic E-state index is 12.2. The number of carbonyl (C=O) groups is 1. The molecule has 0 spiro atoms. The molecule has 2 aromatic carbocycles. The van der Waals surface area contributed by atoms with Gasteiger partial charge >= 0.3 is 0 Å². The van der Waals surface area contributed by atoms with Crippen LogP contribution in [0, 0.1) is 0 Å². The number of ether oxygens (including phenoxy) is 1. The zero-order chi connectivity index (χ0) is 19.1. The van der Waals surface area contributed by atoms with Gasteiger partial charge in [-0.1, -0.05) is 18.2 Å². The molecule has 6 nitrogen and oxygen atoms in total. The van der Waals surface area contributed by atoms with E-state index in [9.17, 15) is 4.79 Å². The molecule has 0 radical (unpaired) electrons. The standard InChI is InChI=1S/C21H23N3O3/c1-15(2)26-14-6-13-22-19(25)16-9-11-18(12-10-16)21-24-23-20(27-21)17-7-4-3-5-8-17/h3-5,7-12,15H,6,13-14H2,1-2H3,(H,22,25). The van der Waals surface area contributed by atoms with Gasteiger partial charge in [0.15, 0.2) is 0 Å². The summed E-state index contributed by atoms with van der Waals surface area (Å²) in [4.78, 5) is 12.2. The maximum atomic E-state index is 12.2. The summed E-state index contributed by atoms with van der Waals surface area (Å²) in [5, 5.41) is 11.1. The fourth-order valence-corrected chi connectivity index (χ4v) is 2.50. The van der Waals surface area contributed by atoms with Gasteiger partial charge in [-0.25, -0.2) is 0 Å². The SMILES string of the molecule is CC(C)OCCCNC(=O)c1ccc(-c2nnc(-c3ccccc3)o2)cc1. The van der Waals surface area contributed by atoms with Gasteiger partial charge in [0.05, 0.1) is 6.10 Å². The average Bonchev–Trinajstić information content (AvgIpc) is 3.18. The Hall–Kier alpha value is -2.99. The average molecular weight is 365 g/mol. The Bertz CT molecular complexity index is 858. The minimum Gasteiger partial charge on any atom is -0.416 e. The molecule has 3 aromatic rings. The lowest BCUT2D eigenvalue weighted by atomic mass is 10.1. The third-order valence-electron chi connectivity index (χ3n) is 3.90. The summed E-state index contributed by atoms with van der Waals surface area (Å²) in [5.41, 5.74) is 2.23. The van der Waals surface area contributed by atoms with Gasteiger partial charge in [-0.2, -0.15) is 0 Å². The first-order valence-electron chi connectivity index (χ1n) is 9.02. The number of nitrogens with one attached hydrogen (secondary N) is 1. The predicted molar refractivity (Wildman–Crippen MR) is 103 cm³/mol. The van der Waals surface area contributed by atoms with E-state index >= 15 is 0 Å². The molecular formula is C21H23N3O3. The van der Waals surface area contributed by atoms with Gasteiger partial charge < -0.3 is 14.5 Å². The van der Waals surface area contributed by atoms with Crippen LogP contribution in [0.3, 0.4) is 0 Å². The Labute approximate surface area is 158 Å².